The zero-order valence-corrected chi connectivity index (χ0v) is 16.7. The molecule has 2 fully saturated rings. The van der Waals surface area contributed by atoms with Gasteiger partial charge in [-0.1, -0.05) is 18.9 Å². The number of piperidine rings is 1. The van der Waals surface area contributed by atoms with Gasteiger partial charge in [0.2, 0.25) is 10.0 Å². The van der Waals surface area contributed by atoms with Crippen molar-refractivity contribution in [2.45, 2.75) is 54.9 Å². The molecule has 0 aromatic heterocycles. The molecule has 3 N–H and O–H groups in total. The van der Waals surface area contributed by atoms with Crippen LogP contribution in [0, 0.1) is 5.92 Å². The van der Waals surface area contributed by atoms with Crippen LogP contribution in [0.15, 0.2) is 47.4 Å². The van der Waals surface area contributed by atoms with E-state index in [1.165, 1.54) is 17.5 Å². The standard InChI is InChI=1S/C22H26N2O3S/c23-16-5-8-18(9-6-16)28(26,27)24-12-11-22-10-2-1-3-19(22)21(24)13-15-4-7-17(25)14-20(15)22/h4-9,14,19,21,25H,1-3,10-13,23H2/t19-,21+,22+/m1/s1. The number of benzene rings is 2. The van der Waals surface area contributed by atoms with E-state index in [1.54, 1.807) is 34.6 Å². The molecule has 2 aliphatic carbocycles. The summed E-state index contributed by atoms with van der Waals surface area (Å²) in [6.45, 7) is 0.531. The van der Waals surface area contributed by atoms with Crippen molar-refractivity contribution >= 4 is 15.7 Å². The minimum Gasteiger partial charge on any atom is -0.508 e. The molecule has 6 heteroatoms. The maximum atomic E-state index is 13.5. The van der Waals surface area contributed by atoms with E-state index in [1.807, 2.05) is 12.1 Å². The van der Waals surface area contributed by atoms with Gasteiger partial charge in [0, 0.05) is 23.7 Å². The van der Waals surface area contributed by atoms with E-state index in [-0.39, 0.29) is 11.5 Å². The number of hydrogen-bond donors (Lipinski definition) is 2. The molecule has 148 valence electrons. The first-order chi connectivity index (χ1) is 13.4. The molecule has 1 heterocycles. The van der Waals surface area contributed by atoms with Crippen molar-refractivity contribution in [3.05, 3.63) is 53.6 Å². The molecule has 28 heavy (non-hydrogen) atoms. The van der Waals surface area contributed by atoms with Crippen molar-refractivity contribution in [1.82, 2.24) is 4.31 Å². The molecular weight excluding hydrogens is 372 g/mol. The summed E-state index contributed by atoms with van der Waals surface area (Å²) in [6.07, 6.45) is 5.98. The number of anilines is 1. The van der Waals surface area contributed by atoms with Crippen LogP contribution in [0.25, 0.3) is 0 Å². The van der Waals surface area contributed by atoms with E-state index in [0.717, 1.165) is 32.1 Å². The highest BCUT2D eigenvalue weighted by atomic mass is 32.2. The van der Waals surface area contributed by atoms with Gasteiger partial charge in [-0.2, -0.15) is 4.31 Å². The molecule has 1 saturated carbocycles. The molecule has 3 atom stereocenters. The number of aromatic hydroxyl groups is 1. The summed E-state index contributed by atoms with van der Waals surface area (Å²) in [5.41, 5.74) is 8.77. The maximum Gasteiger partial charge on any atom is 0.243 e. The van der Waals surface area contributed by atoms with E-state index in [2.05, 4.69) is 0 Å². The highest BCUT2D eigenvalue weighted by Gasteiger charge is 2.56. The number of phenols is 1. The number of phenolic OH excluding ortho intramolecular Hbond substituents is 1. The van der Waals surface area contributed by atoms with E-state index in [0.29, 0.717) is 28.8 Å². The molecule has 3 aliphatic rings. The highest BCUT2D eigenvalue weighted by molar-refractivity contribution is 7.89. The van der Waals surface area contributed by atoms with Gasteiger partial charge in [-0.05, 0) is 79.1 Å². The van der Waals surface area contributed by atoms with Crippen LogP contribution < -0.4 is 5.73 Å². The van der Waals surface area contributed by atoms with Crippen molar-refractivity contribution in [1.29, 1.82) is 0 Å². The number of nitrogen functional groups attached to an aromatic ring is 1. The van der Waals surface area contributed by atoms with Crippen LogP contribution in [0.4, 0.5) is 5.69 Å². The summed E-state index contributed by atoms with van der Waals surface area (Å²) in [7, 11) is -3.57. The Morgan fingerprint density at radius 1 is 1.07 bits per heavy atom. The van der Waals surface area contributed by atoms with Gasteiger partial charge in [-0.3, -0.25) is 0 Å². The molecule has 0 spiro atoms. The number of nitrogens with two attached hydrogens (primary N) is 1. The fourth-order valence-electron chi connectivity index (χ4n) is 6.03. The summed E-state index contributed by atoms with van der Waals surface area (Å²) in [6, 6.07) is 12.2. The Kier molecular flexibility index (Phi) is 4.00. The lowest BCUT2D eigenvalue weighted by Gasteiger charge is -2.58. The monoisotopic (exact) mass is 398 g/mol. The van der Waals surface area contributed by atoms with Gasteiger partial charge in [0.15, 0.2) is 0 Å². The van der Waals surface area contributed by atoms with Gasteiger partial charge in [0.1, 0.15) is 5.75 Å². The third kappa shape index (κ3) is 2.51. The summed E-state index contributed by atoms with van der Waals surface area (Å²) >= 11 is 0. The van der Waals surface area contributed by atoms with Gasteiger partial charge in [0.05, 0.1) is 4.90 Å². The fourth-order valence-corrected chi connectivity index (χ4v) is 7.69. The first-order valence-corrected chi connectivity index (χ1v) is 11.6. The lowest BCUT2D eigenvalue weighted by Crippen LogP contribution is -2.62. The minimum absolute atomic E-state index is 0.00236. The number of sulfonamides is 1. The Morgan fingerprint density at radius 2 is 1.86 bits per heavy atom. The van der Waals surface area contributed by atoms with Crippen molar-refractivity contribution < 1.29 is 13.5 Å². The molecule has 5 rings (SSSR count). The average molecular weight is 399 g/mol. The molecule has 2 aromatic carbocycles. The molecule has 2 bridgehead atoms. The smallest absolute Gasteiger partial charge is 0.243 e. The summed E-state index contributed by atoms with van der Waals surface area (Å²) in [4.78, 5) is 0.321. The Hall–Kier alpha value is -2.05. The zero-order chi connectivity index (χ0) is 19.5. The predicted octanol–water partition coefficient (Wildman–Crippen LogP) is 3.42. The van der Waals surface area contributed by atoms with Gasteiger partial charge in [-0.15, -0.1) is 0 Å². The lowest BCUT2D eigenvalue weighted by atomic mass is 9.53. The van der Waals surface area contributed by atoms with Gasteiger partial charge in [0.25, 0.3) is 0 Å². The number of nitrogens with zero attached hydrogens (tertiary/aromatic N) is 1. The van der Waals surface area contributed by atoms with Gasteiger partial charge < -0.3 is 10.8 Å². The van der Waals surface area contributed by atoms with Crippen LogP contribution in [-0.4, -0.2) is 30.4 Å². The lowest BCUT2D eigenvalue weighted by molar-refractivity contribution is 0.0314. The maximum absolute atomic E-state index is 13.5. The SMILES string of the molecule is Nc1ccc(S(=O)(=O)N2CC[C@@]34CCCC[C@@H]3[C@@H]2Cc2ccc(O)cc24)cc1. The average Bonchev–Trinajstić information content (AvgIpc) is 2.69. The second-order valence-electron chi connectivity index (χ2n) is 8.56. The molecule has 5 nitrogen and oxygen atoms in total. The molecule has 0 radical (unpaired) electrons. The van der Waals surface area contributed by atoms with E-state index < -0.39 is 10.0 Å². The third-order valence-corrected chi connectivity index (χ3v) is 9.19. The van der Waals surface area contributed by atoms with Crippen LogP contribution in [0.3, 0.4) is 0 Å². The molecular formula is C22H26N2O3S. The van der Waals surface area contributed by atoms with Crippen molar-refractivity contribution in [3.8, 4) is 5.75 Å². The largest absolute Gasteiger partial charge is 0.508 e. The van der Waals surface area contributed by atoms with E-state index >= 15 is 0 Å². The predicted molar refractivity (Wildman–Crippen MR) is 109 cm³/mol. The highest BCUT2D eigenvalue weighted by Crippen LogP contribution is 2.56. The molecule has 0 unspecified atom stereocenters. The van der Waals surface area contributed by atoms with Crippen molar-refractivity contribution in [2.24, 2.45) is 5.92 Å². The Bertz CT molecular complexity index is 1020. The molecule has 1 saturated heterocycles. The van der Waals surface area contributed by atoms with Crippen LogP contribution >= 0.6 is 0 Å². The third-order valence-electron chi connectivity index (χ3n) is 7.26. The molecule has 2 aromatic rings. The summed E-state index contributed by atoms with van der Waals surface area (Å²) in [5, 5.41) is 10.1. The van der Waals surface area contributed by atoms with Gasteiger partial charge in [-0.25, -0.2) is 8.42 Å². The van der Waals surface area contributed by atoms with Crippen molar-refractivity contribution in [3.63, 3.8) is 0 Å². The Balaban J connectivity index is 1.61. The van der Waals surface area contributed by atoms with Crippen LogP contribution in [0.5, 0.6) is 5.75 Å². The number of rotatable bonds is 2. The van der Waals surface area contributed by atoms with E-state index in [9.17, 15) is 13.5 Å². The van der Waals surface area contributed by atoms with E-state index in [4.69, 9.17) is 5.73 Å². The quantitative estimate of drug-likeness (QED) is 0.759. The van der Waals surface area contributed by atoms with Crippen molar-refractivity contribution in [2.75, 3.05) is 12.3 Å². The normalized spacial score (nSPS) is 29.7. The topological polar surface area (TPSA) is 83.6 Å². The van der Waals surface area contributed by atoms with Crippen LogP contribution in [0.2, 0.25) is 0 Å². The molecule has 0 amide bonds. The number of fused-ring (bicyclic) bond motifs is 1. The van der Waals surface area contributed by atoms with Crippen LogP contribution in [-0.2, 0) is 21.9 Å². The van der Waals surface area contributed by atoms with Gasteiger partial charge >= 0.3 is 0 Å². The molecule has 1 aliphatic heterocycles. The second-order valence-corrected chi connectivity index (χ2v) is 10.4. The summed E-state index contributed by atoms with van der Waals surface area (Å²) < 4.78 is 28.7. The summed E-state index contributed by atoms with van der Waals surface area (Å²) in [5.74, 6) is 0.626. The number of hydrogen-bond acceptors (Lipinski definition) is 4. The zero-order valence-electron chi connectivity index (χ0n) is 15.8. The minimum atomic E-state index is -3.57. The van der Waals surface area contributed by atoms with Crippen LogP contribution in [0.1, 0.15) is 43.2 Å². The second kappa shape index (κ2) is 6.22. The Labute approximate surface area is 166 Å². The first kappa shape index (κ1) is 18.0. The fraction of sp³-hybridized carbons (Fsp3) is 0.455. The first-order valence-electron chi connectivity index (χ1n) is 10.1. The Morgan fingerprint density at radius 3 is 2.64 bits per heavy atom.